The number of hydrazone groups is 1. The van der Waals surface area contributed by atoms with Crippen LogP contribution >= 0.6 is 0 Å². The number of amides is 1. The maximum Gasteiger partial charge on any atom is 0.264 e. The Kier molecular flexibility index (Phi) is 8.07. The molecule has 1 aromatic carbocycles. The van der Waals surface area contributed by atoms with E-state index in [9.17, 15) is 13.6 Å². The van der Waals surface area contributed by atoms with Crippen LogP contribution in [0.2, 0.25) is 0 Å². The number of aryl methyl sites for hydroxylation is 1. The van der Waals surface area contributed by atoms with E-state index in [-0.39, 0.29) is 22.8 Å². The molecule has 0 saturated carbocycles. The molecule has 2 aliphatic heterocycles. The Morgan fingerprint density at radius 3 is 2.49 bits per heavy atom. The Labute approximate surface area is 227 Å². The summed E-state index contributed by atoms with van der Waals surface area (Å²) in [7, 11) is 3.90. The molecule has 1 amide bonds. The fraction of sp³-hybridized carbons (Fsp3) is 0.444. The van der Waals surface area contributed by atoms with Gasteiger partial charge in [0.1, 0.15) is 11.6 Å². The molecule has 1 saturated heterocycles. The number of hydrogen-bond donors (Lipinski definition) is 3. The lowest BCUT2D eigenvalue weighted by atomic mass is 9.87. The molecule has 4 rings (SSSR count). The van der Waals surface area contributed by atoms with Crippen LogP contribution in [0.4, 0.5) is 26.1 Å². The molecule has 1 aromatic heterocycles. The molecule has 0 bridgehead atoms. The third-order valence-electron chi connectivity index (χ3n) is 7.54. The average molecular weight is 542 g/mol. The zero-order chi connectivity index (χ0) is 28.5. The summed E-state index contributed by atoms with van der Waals surface area (Å²) in [5, 5.41) is 10.3. The largest absolute Gasteiger partial charge is 0.400 e. The molecule has 0 spiro atoms. The number of hydrazine groups is 1. The van der Waals surface area contributed by atoms with Crippen molar-refractivity contribution in [3.8, 4) is 0 Å². The molecule has 2 aromatic rings. The number of alkyl halides is 2. The highest BCUT2D eigenvalue weighted by Gasteiger charge is 2.38. The van der Waals surface area contributed by atoms with Gasteiger partial charge in [-0.2, -0.15) is 5.10 Å². The van der Waals surface area contributed by atoms with E-state index in [0.717, 1.165) is 18.7 Å². The SMILES string of the molecule is Cc1ccc(C(=O)Nc2cc(C(F)F)cc(N3CCN(C)CC3)n2)cc1N(N)/C=C(\N)C1C=NN(C)C1(C)C. The number of carbonyl (C=O) groups excluding carboxylic acids is 1. The molecule has 210 valence electrons. The van der Waals surface area contributed by atoms with Crippen molar-refractivity contribution in [2.75, 3.05) is 55.5 Å². The van der Waals surface area contributed by atoms with Gasteiger partial charge in [-0.05, 0) is 57.6 Å². The summed E-state index contributed by atoms with van der Waals surface area (Å²) >= 11 is 0. The van der Waals surface area contributed by atoms with Crippen molar-refractivity contribution < 1.29 is 13.6 Å². The first kappa shape index (κ1) is 28.2. The van der Waals surface area contributed by atoms with Gasteiger partial charge in [0.15, 0.2) is 0 Å². The third-order valence-corrected chi connectivity index (χ3v) is 7.54. The standard InChI is InChI=1S/C27H37F2N9O/c1-17-6-7-18(12-22(17)38(31)16-21(30)20-15-32-36(5)27(20,2)3)26(39)34-23-13-19(25(28)29)14-24(33-23)37-10-8-35(4)9-11-37/h6-7,12-16,20,25H,8-11,30-31H2,1-5H3,(H,33,34,39)/b21-16-. The molecule has 0 aliphatic carbocycles. The first-order valence-electron chi connectivity index (χ1n) is 12.8. The lowest BCUT2D eigenvalue weighted by Gasteiger charge is -2.33. The molecule has 3 heterocycles. The molecule has 1 fully saturated rings. The maximum atomic E-state index is 13.7. The van der Waals surface area contributed by atoms with E-state index in [1.807, 2.05) is 44.8 Å². The molecule has 5 N–H and O–H groups in total. The molecule has 10 nitrogen and oxygen atoms in total. The topological polar surface area (TPSA) is 119 Å². The van der Waals surface area contributed by atoms with Gasteiger partial charge in [0.05, 0.1) is 17.1 Å². The minimum atomic E-state index is -2.70. The van der Waals surface area contributed by atoms with E-state index in [1.54, 1.807) is 30.6 Å². The van der Waals surface area contributed by atoms with E-state index in [4.69, 9.17) is 11.6 Å². The predicted octanol–water partition coefficient (Wildman–Crippen LogP) is 3.14. The highest BCUT2D eigenvalue weighted by molar-refractivity contribution is 6.04. The van der Waals surface area contributed by atoms with Gasteiger partial charge in [-0.1, -0.05) is 6.07 Å². The number of nitrogens with two attached hydrogens (primary N) is 2. The summed E-state index contributed by atoms with van der Waals surface area (Å²) in [6.45, 7) is 8.85. The van der Waals surface area contributed by atoms with Crippen molar-refractivity contribution in [1.82, 2.24) is 14.9 Å². The van der Waals surface area contributed by atoms with Crippen LogP contribution < -0.4 is 26.8 Å². The molecule has 39 heavy (non-hydrogen) atoms. The van der Waals surface area contributed by atoms with Crippen LogP contribution in [0.15, 0.2) is 47.3 Å². The number of hydrogen-bond acceptors (Lipinski definition) is 9. The number of piperazine rings is 1. The lowest BCUT2D eigenvalue weighted by Crippen LogP contribution is -2.44. The second kappa shape index (κ2) is 11.1. The number of nitrogens with one attached hydrogen (secondary N) is 1. The minimum Gasteiger partial charge on any atom is -0.400 e. The minimum absolute atomic E-state index is 0.0643. The molecule has 0 radical (unpaired) electrons. The summed E-state index contributed by atoms with van der Waals surface area (Å²) in [4.78, 5) is 21.8. The quantitative estimate of drug-likeness (QED) is 0.361. The van der Waals surface area contributed by atoms with Crippen LogP contribution in [0, 0.1) is 12.8 Å². The number of pyridine rings is 1. The Morgan fingerprint density at radius 2 is 1.87 bits per heavy atom. The van der Waals surface area contributed by atoms with Gasteiger partial charge in [-0.3, -0.25) is 14.8 Å². The monoisotopic (exact) mass is 541 g/mol. The number of carbonyl (C=O) groups is 1. The summed E-state index contributed by atoms with van der Waals surface area (Å²) in [5.74, 6) is 6.20. The van der Waals surface area contributed by atoms with Gasteiger partial charge in [0.2, 0.25) is 0 Å². The molecule has 1 atom stereocenters. The fourth-order valence-corrected chi connectivity index (χ4v) is 4.64. The summed E-state index contributed by atoms with van der Waals surface area (Å²) in [5.41, 5.74) is 8.09. The van der Waals surface area contributed by atoms with Gasteiger partial charge in [0, 0.05) is 62.5 Å². The van der Waals surface area contributed by atoms with E-state index >= 15 is 0 Å². The highest BCUT2D eigenvalue weighted by Crippen LogP contribution is 2.32. The molecule has 12 heteroatoms. The van der Waals surface area contributed by atoms with Crippen LogP contribution in [0.3, 0.4) is 0 Å². The van der Waals surface area contributed by atoms with Gasteiger partial charge >= 0.3 is 0 Å². The zero-order valence-electron chi connectivity index (χ0n) is 23.0. The van der Waals surface area contributed by atoms with E-state index < -0.39 is 12.3 Å². The molecule has 1 unspecified atom stereocenters. The number of benzene rings is 1. The van der Waals surface area contributed by atoms with E-state index in [0.29, 0.717) is 35.9 Å². The average Bonchev–Trinajstić information content (AvgIpc) is 3.16. The summed E-state index contributed by atoms with van der Waals surface area (Å²) in [6.07, 6.45) is 0.712. The van der Waals surface area contributed by atoms with Crippen molar-refractivity contribution in [2.45, 2.75) is 32.7 Å². The van der Waals surface area contributed by atoms with Crippen molar-refractivity contribution in [3.05, 3.63) is 58.9 Å². The number of aromatic nitrogens is 1. The fourth-order valence-electron chi connectivity index (χ4n) is 4.64. The van der Waals surface area contributed by atoms with Crippen LogP contribution in [0.1, 0.15) is 41.8 Å². The number of anilines is 3. The molecular formula is C27H37F2N9O. The third kappa shape index (κ3) is 6.12. The van der Waals surface area contributed by atoms with Crippen molar-refractivity contribution >= 4 is 29.4 Å². The van der Waals surface area contributed by atoms with Crippen LogP contribution in [0.25, 0.3) is 0 Å². The van der Waals surface area contributed by atoms with Crippen LogP contribution in [0.5, 0.6) is 0 Å². The Morgan fingerprint density at radius 1 is 1.18 bits per heavy atom. The Hall–Kier alpha value is -3.77. The number of likely N-dealkylation sites (N-methyl/N-ethyl adjacent to an activating group) is 1. The van der Waals surface area contributed by atoms with Crippen LogP contribution in [-0.2, 0) is 0 Å². The second-order valence-corrected chi connectivity index (χ2v) is 10.6. The van der Waals surface area contributed by atoms with Gasteiger partial charge < -0.3 is 20.9 Å². The highest BCUT2D eigenvalue weighted by atomic mass is 19.3. The van der Waals surface area contributed by atoms with Gasteiger partial charge in [0.25, 0.3) is 12.3 Å². The van der Waals surface area contributed by atoms with Crippen molar-refractivity contribution in [1.29, 1.82) is 0 Å². The van der Waals surface area contributed by atoms with E-state index in [1.165, 1.54) is 17.1 Å². The molecular weight excluding hydrogens is 504 g/mol. The smallest absolute Gasteiger partial charge is 0.264 e. The van der Waals surface area contributed by atoms with Crippen LogP contribution in [-0.4, -0.2) is 72.8 Å². The van der Waals surface area contributed by atoms with Crippen molar-refractivity contribution in [3.63, 3.8) is 0 Å². The molecule has 2 aliphatic rings. The number of halogens is 2. The van der Waals surface area contributed by atoms with Crippen molar-refractivity contribution in [2.24, 2.45) is 22.6 Å². The number of rotatable bonds is 7. The predicted molar refractivity (Wildman–Crippen MR) is 151 cm³/mol. The summed E-state index contributed by atoms with van der Waals surface area (Å²) < 4.78 is 27.4. The maximum absolute atomic E-state index is 13.7. The van der Waals surface area contributed by atoms with Gasteiger partial charge in [-0.25, -0.2) is 19.6 Å². The Balaban J connectivity index is 1.55. The normalized spacial score (nSPS) is 19.6. The first-order chi connectivity index (χ1) is 18.4. The zero-order valence-corrected chi connectivity index (χ0v) is 23.0. The van der Waals surface area contributed by atoms with E-state index in [2.05, 4.69) is 20.3 Å². The first-order valence-corrected chi connectivity index (χ1v) is 12.8. The number of nitrogens with zero attached hydrogens (tertiary/aromatic N) is 6. The Bertz CT molecular complexity index is 1270. The lowest BCUT2D eigenvalue weighted by molar-refractivity contribution is 0.102. The second-order valence-electron chi connectivity index (χ2n) is 10.6. The van der Waals surface area contributed by atoms with Gasteiger partial charge in [-0.15, -0.1) is 0 Å². The summed E-state index contributed by atoms with van der Waals surface area (Å²) in [6, 6.07) is 7.63.